The highest BCUT2D eigenvalue weighted by molar-refractivity contribution is 6.67. The first-order valence-corrected chi connectivity index (χ1v) is 12.2. The number of β-lactam (4-membered cyclic amide) rings is 1. The van der Waals surface area contributed by atoms with E-state index in [0.29, 0.717) is 11.1 Å². The van der Waals surface area contributed by atoms with E-state index in [1.807, 2.05) is 12.1 Å². The lowest BCUT2D eigenvalue weighted by Gasteiger charge is -2.44. The SMILES string of the molecule is CC(CO)=C(C(=O)OC(c1ccccc1)c1ccccc1)N1C(=O)[C@H](NC(=O)OCC(Cl)(Cl)Cl)[C@H]1Cl. The predicted molar refractivity (Wildman–Crippen MR) is 136 cm³/mol. The van der Waals surface area contributed by atoms with E-state index in [9.17, 15) is 19.5 Å². The van der Waals surface area contributed by atoms with Crippen LogP contribution in [0.3, 0.4) is 0 Å². The number of aliphatic hydroxyl groups is 1. The van der Waals surface area contributed by atoms with Crippen molar-refractivity contribution in [1.29, 1.82) is 0 Å². The van der Waals surface area contributed by atoms with Gasteiger partial charge in [-0.1, -0.05) is 107 Å². The number of nitrogens with one attached hydrogen (secondary N) is 1. The Hall–Kier alpha value is -2.49. The quantitative estimate of drug-likeness (QED) is 0.158. The molecule has 0 saturated carbocycles. The molecule has 2 N–H and O–H groups in total. The van der Waals surface area contributed by atoms with Crippen molar-refractivity contribution in [1.82, 2.24) is 10.2 Å². The summed E-state index contributed by atoms with van der Waals surface area (Å²) in [6, 6.07) is 16.9. The maximum Gasteiger partial charge on any atom is 0.408 e. The molecule has 0 spiro atoms. The number of likely N-dealkylation sites (tertiary alicyclic amines) is 1. The first-order chi connectivity index (χ1) is 17.0. The van der Waals surface area contributed by atoms with Crippen LogP contribution in [0.15, 0.2) is 71.9 Å². The van der Waals surface area contributed by atoms with Gasteiger partial charge in [-0.3, -0.25) is 9.69 Å². The maximum atomic E-state index is 13.4. The first-order valence-electron chi connectivity index (χ1n) is 10.6. The molecule has 8 nitrogen and oxygen atoms in total. The monoisotopic (exact) mass is 574 g/mol. The second-order valence-corrected chi connectivity index (χ2v) is 10.8. The highest BCUT2D eigenvalue weighted by Crippen LogP contribution is 2.34. The minimum absolute atomic E-state index is 0.149. The number of carbonyl (C=O) groups is 3. The van der Waals surface area contributed by atoms with E-state index in [2.05, 4.69) is 5.32 Å². The molecular formula is C24H22Cl4N2O6. The molecule has 3 rings (SSSR count). The van der Waals surface area contributed by atoms with Gasteiger partial charge in [0.2, 0.25) is 3.79 Å². The second-order valence-electron chi connectivity index (χ2n) is 7.79. The lowest BCUT2D eigenvalue weighted by molar-refractivity contribution is -0.153. The normalized spacial score (nSPS) is 18.3. The summed E-state index contributed by atoms with van der Waals surface area (Å²) in [5.74, 6) is -1.59. The summed E-state index contributed by atoms with van der Waals surface area (Å²) in [5.41, 5.74) is 0.148. The lowest BCUT2D eigenvalue weighted by Crippen LogP contribution is -2.68. The third kappa shape index (κ3) is 6.83. The molecule has 0 aromatic heterocycles. The zero-order chi connectivity index (χ0) is 26.5. The van der Waals surface area contributed by atoms with E-state index in [1.165, 1.54) is 6.92 Å². The molecule has 2 amide bonds. The molecule has 36 heavy (non-hydrogen) atoms. The Bertz CT molecular complexity index is 1080. The maximum absolute atomic E-state index is 13.4. The van der Waals surface area contributed by atoms with Gasteiger partial charge >= 0.3 is 12.1 Å². The molecule has 1 saturated heterocycles. The van der Waals surface area contributed by atoms with Gasteiger partial charge in [0.25, 0.3) is 5.91 Å². The fourth-order valence-electron chi connectivity index (χ4n) is 3.44. The fraction of sp³-hybridized carbons (Fsp3) is 0.292. The number of rotatable bonds is 8. The van der Waals surface area contributed by atoms with E-state index < -0.39 is 52.6 Å². The zero-order valence-electron chi connectivity index (χ0n) is 18.9. The van der Waals surface area contributed by atoms with E-state index in [4.69, 9.17) is 55.9 Å². The number of esters is 1. The van der Waals surface area contributed by atoms with Crippen molar-refractivity contribution in [3.63, 3.8) is 0 Å². The molecule has 12 heteroatoms. The summed E-state index contributed by atoms with van der Waals surface area (Å²) in [6.07, 6.45) is -1.83. The van der Waals surface area contributed by atoms with Crippen molar-refractivity contribution in [3.8, 4) is 0 Å². The van der Waals surface area contributed by atoms with Crippen LogP contribution in [0.25, 0.3) is 0 Å². The van der Waals surface area contributed by atoms with E-state index in [0.717, 1.165) is 4.90 Å². The van der Waals surface area contributed by atoms with Gasteiger partial charge in [0.15, 0.2) is 6.10 Å². The Kier molecular flexibility index (Phi) is 9.49. The van der Waals surface area contributed by atoms with Gasteiger partial charge in [0.05, 0.1) is 6.61 Å². The molecule has 1 aliphatic rings. The Morgan fingerprint density at radius 1 is 1.06 bits per heavy atom. The Morgan fingerprint density at radius 3 is 2.03 bits per heavy atom. The number of aliphatic hydroxyl groups excluding tert-OH is 1. The third-order valence-corrected chi connectivity index (χ3v) is 5.95. The topological polar surface area (TPSA) is 105 Å². The zero-order valence-corrected chi connectivity index (χ0v) is 21.9. The summed E-state index contributed by atoms with van der Waals surface area (Å²) >= 11 is 23.0. The van der Waals surface area contributed by atoms with E-state index in [1.54, 1.807) is 48.5 Å². The number of halogens is 4. The number of amides is 2. The number of hydrogen-bond donors (Lipinski definition) is 2. The van der Waals surface area contributed by atoms with Crippen molar-refractivity contribution in [2.24, 2.45) is 0 Å². The first kappa shape index (κ1) is 28.1. The van der Waals surface area contributed by atoms with Crippen LogP contribution in [0, 0.1) is 0 Å². The lowest BCUT2D eigenvalue weighted by atomic mass is 10.0. The minimum Gasteiger partial charge on any atom is -0.448 e. The Balaban J connectivity index is 1.80. The Labute approximate surface area is 227 Å². The van der Waals surface area contributed by atoms with Crippen LogP contribution in [-0.2, 0) is 19.1 Å². The molecule has 0 bridgehead atoms. The standard InChI is InChI=1S/C24H22Cl4N2O6/c1-14(12-31)18(30-20(25)17(21(30)32)29-23(34)35-13-24(26,27)28)22(33)36-19(15-8-4-2-5-9-15)16-10-6-3-7-11-16/h2-11,17,19-20,31H,12-13H2,1H3,(H,29,34)/t17-,20+/m1/s1. The van der Waals surface area contributed by atoms with Crippen LogP contribution < -0.4 is 5.32 Å². The van der Waals surface area contributed by atoms with Crippen LogP contribution in [-0.4, -0.2) is 56.5 Å². The minimum atomic E-state index is -1.83. The second kappa shape index (κ2) is 12.2. The number of alkyl halides is 4. The van der Waals surface area contributed by atoms with Gasteiger partial charge in [-0.05, 0) is 23.6 Å². The van der Waals surface area contributed by atoms with E-state index >= 15 is 0 Å². The summed E-state index contributed by atoms with van der Waals surface area (Å²) in [6.45, 7) is 0.370. The number of benzene rings is 2. The highest BCUT2D eigenvalue weighted by Gasteiger charge is 2.51. The van der Waals surface area contributed by atoms with E-state index in [-0.39, 0.29) is 11.3 Å². The van der Waals surface area contributed by atoms with Crippen LogP contribution in [0.5, 0.6) is 0 Å². The molecule has 1 heterocycles. The summed E-state index contributed by atoms with van der Waals surface area (Å²) in [4.78, 5) is 39.1. The molecular weight excluding hydrogens is 554 g/mol. The molecule has 1 fully saturated rings. The van der Waals surface area contributed by atoms with Gasteiger partial charge in [-0.15, -0.1) is 0 Å². The van der Waals surface area contributed by atoms with Crippen molar-refractivity contribution in [2.75, 3.05) is 13.2 Å². The summed E-state index contributed by atoms with van der Waals surface area (Å²) < 4.78 is 8.76. The number of ether oxygens (including phenoxy) is 2. The van der Waals surface area contributed by atoms with Gasteiger partial charge in [-0.2, -0.15) is 0 Å². The number of hydrogen-bond acceptors (Lipinski definition) is 6. The molecule has 1 aliphatic heterocycles. The van der Waals surface area contributed by atoms with Crippen LogP contribution in [0.4, 0.5) is 4.79 Å². The van der Waals surface area contributed by atoms with Crippen molar-refractivity contribution < 1.29 is 29.0 Å². The average molecular weight is 576 g/mol. The third-order valence-electron chi connectivity index (χ3n) is 5.17. The molecule has 2 aromatic carbocycles. The average Bonchev–Trinajstić information content (AvgIpc) is 2.87. The predicted octanol–water partition coefficient (Wildman–Crippen LogP) is 4.46. The summed E-state index contributed by atoms with van der Waals surface area (Å²) in [5, 5.41) is 12.0. The largest absolute Gasteiger partial charge is 0.448 e. The molecule has 2 atom stereocenters. The number of alkyl carbamates (subject to hydrolysis) is 1. The number of nitrogens with zero attached hydrogens (tertiary/aromatic N) is 1. The molecule has 2 aromatic rings. The van der Waals surface area contributed by atoms with Gasteiger partial charge in [0.1, 0.15) is 23.8 Å². The van der Waals surface area contributed by atoms with Gasteiger partial charge < -0.3 is 19.9 Å². The molecule has 0 radical (unpaired) electrons. The van der Waals surface area contributed by atoms with Crippen molar-refractivity contribution in [3.05, 3.63) is 83.1 Å². The van der Waals surface area contributed by atoms with Crippen LogP contribution >= 0.6 is 46.4 Å². The van der Waals surface area contributed by atoms with Crippen molar-refractivity contribution >= 4 is 64.4 Å². The molecule has 0 unspecified atom stereocenters. The molecule has 192 valence electrons. The Morgan fingerprint density at radius 2 is 1.58 bits per heavy atom. The smallest absolute Gasteiger partial charge is 0.408 e. The van der Waals surface area contributed by atoms with Gasteiger partial charge in [-0.25, -0.2) is 9.59 Å². The van der Waals surface area contributed by atoms with Gasteiger partial charge in [0, 0.05) is 0 Å². The highest BCUT2D eigenvalue weighted by atomic mass is 35.6. The summed E-state index contributed by atoms with van der Waals surface area (Å²) in [7, 11) is 0. The number of carbonyl (C=O) groups excluding carboxylic acids is 3. The molecule has 0 aliphatic carbocycles. The van der Waals surface area contributed by atoms with Crippen LogP contribution in [0.1, 0.15) is 24.2 Å². The fourth-order valence-corrected chi connectivity index (χ4v) is 3.96. The van der Waals surface area contributed by atoms with Crippen molar-refractivity contribution in [2.45, 2.75) is 28.4 Å². The van der Waals surface area contributed by atoms with Crippen LogP contribution in [0.2, 0.25) is 0 Å².